The molecule has 1 aromatic rings. The van der Waals surface area contributed by atoms with Gasteiger partial charge in [0.15, 0.2) is 0 Å². The van der Waals surface area contributed by atoms with Crippen molar-refractivity contribution in [2.45, 2.75) is 26.3 Å². The molecule has 3 nitrogen and oxygen atoms in total. The molecule has 0 aliphatic heterocycles. The van der Waals surface area contributed by atoms with Gasteiger partial charge in [-0.25, -0.2) is 0 Å². The van der Waals surface area contributed by atoms with Crippen LogP contribution in [0, 0.1) is 13.8 Å². The molecule has 1 aromatic carbocycles. The fraction of sp³-hybridized carbons (Fsp3) is 0.533. The Morgan fingerprint density at radius 3 is 2.68 bits per heavy atom. The Morgan fingerprint density at radius 2 is 2.11 bits per heavy atom. The third-order valence-electron chi connectivity index (χ3n) is 3.24. The van der Waals surface area contributed by atoms with Crippen molar-refractivity contribution in [2.24, 2.45) is 0 Å². The van der Waals surface area contributed by atoms with Gasteiger partial charge in [-0.3, -0.25) is 4.79 Å². The number of aryl methyl sites for hydroxylation is 2. The first-order chi connectivity index (χ1) is 9.08. The number of carbonyl (C=O) groups is 1. The minimum absolute atomic E-state index is 0.139. The maximum absolute atomic E-state index is 11.0. The quantitative estimate of drug-likeness (QED) is 0.616. The molecule has 0 bridgehead atoms. The van der Waals surface area contributed by atoms with Crippen LogP contribution in [-0.2, 0) is 9.53 Å². The Hall–Kier alpha value is -1.00. The number of hydrogen-bond acceptors (Lipinski definition) is 4. The summed E-state index contributed by atoms with van der Waals surface area (Å²) in [6.07, 6.45) is 0.477. The van der Waals surface area contributed by atoms with Crippen LogP contribution in [0.2, 0.25) is 0 Å². The molecular weight excluding hydrogens is 258 g/mol. The van der Waals surface area contributed by atoms with Crippen molar-refractivity contribution in [1.82, 2.24) is 5.32 Å². The second-order valence-electron chi connectivity index (χ2n) is 4.59. The largest absolute Gasteiger partial charge is 0.469 e. The average Bonchev–Trinajstić information content (AvgIpc) is 2.42. The first-order valence-electron chi connectivity index (χ1n) is 6.47. The lowest BCUT2D eigenvalue weighted by molar-refractivity contribution is -0.140. The van der Waals surface area contributed by atoms with Crippen molar-refractivity contribution < 1.29 is 9.53 Å². The maximum atomic E-state index is 11.0. The summed E-state index contributed by atoms with van der Waals surface area (Å²) in [5.74, 6) is 1.62. The summed E-state index contributed by atoms with van der Waals surface area (Å²) in [6.45, 7) is 4.26. The van der Waals surface area contributed by atoms with Gasteiger partial charge in [-0.05, 0) is 37.6 Å². The lowest BCUT2D eigenvalue weighted by Gasteiger charge is -2.17. The van der Waals surface area contributed by atoms with E-state index < -0.39 is 0 Å². The highest BCUT2D eigenvalue weighted by atomic mass is 32.2. The van der Waals surface area contributed by atoms with Crippen LogP contribution in [0.5, 0.6) is 0 Å². The molecule has 0 saturated heterocycles. The second-order valence-corrected chi connectivity index (χ2v) is 5.74. The van der Waals surface area contributed by atoms with Crippen LogP contribution in [0.4, 0.5) is 0 Å². The molecule has 0 heterocycles. The molecule has 0 amide bonds. The van der Waals surface area contributed by atoms with Gasteiger partial charge in [-0.2, -0.15) is 11.8 Å². The molecule has 106 valence electrons. The summed E-state index contributed by atoms with van der Waals surface area (Å²) in [5.41, 5.74) is 3.94. The summed E-state index contributed by atoms with van der Waals surface area (Å²) >= 11 is 1.77. The molecule has 0 radical (unpaired) electrons. The standard InChI is InChI=1S/C15H23NO2S/c1-11-5-6-13(9-12(11)2)14(16-3)10-19-8-7-15(17)18-4/h5-6,9,14,16H,7-8,10H2,1-4H3. The maximum Gasteiger partial charge on any atom is 0.306 e. The second kappa shape index (κ2) is 8.23. The molecule has 0 saturated carbocycles. The molecule has 0 spiro atoms. The number of hydrogen-bond donors (Lipinski definition) is 1. The summed E-state index contributed by atoms with van der Waals surface area (Å²) < 4.78 is 4.63. The summed E-state index contributed by atoms with van der Waals surface area (Å²) in [5, 5.41) is 3.33. The van der Waals surface area contributed by atoms with Crippen LogP contribution in [0.3, 0.4) is 0 Å². The number of methoxy groups -OCH3 is 1. The van der Waals surface area contributed by atoms with Gasteiger partial charge >= 0.3 is 5.97 Å². The Morgan fingerprint density at radius 1 is 1.37 bits per heavy atom. The van der Waals surface area contributed by atoms with Gasteiger partial charge in [0.1, 0.15) is 0 Å². The fourth-order valence-corrected chi connectivity index (χ4v) is 2.86. The Labute approximate surface area is 120 Å². The molecule has 0 aliphatic carbocycles. The molecule has 1 rings (SSSR count). The van der Waals surface area contributed by atoms with E-state index in [-0.39, 0.29) is 5.97 Å². The first kappa shape index (κ1) is 16.1. The van der Waals surface area contributed by atoms with E-state index in [1.165, 1.54) is 23.8 Å². The number of nitrogens with one attached hydrogen (secondary N) is 1. The van der Waals surface area contributed by atoms with Gasteiger partial charge in [0, 0.05) is 17.5 Å². The van der Waals surface area contributed by atoms with E-state index in [4.69, 9.17) is 0 Å². The summed E-state index contributed by atoms with van der Waals surface area (Å²) in [7, 11) is 3.40. The predicted molar refractivity (Wildman–Crippen MR) is 81.7 cm³/mol. The Balaban J connectivity index is 2.49. The van der Waals surface area contributed by atoms with Gasteiger partial charge in [0.05, 0.1) is 13.5 Å². The van der Waals surface area contributed by atoms with Crippen molar-refractivity contribution >= 4 is 17.7 Å². The van der Waals surface area contributed by atoms with Crippen molar-refractivity contribution in [1.29, 1.82) is 0 Å². The lowest BCUT2D eigenvalue weighted by atomic mass is 10.0. The topological polar surface area (TPSA) is 38.3 Å². The third kappa shape index (κ3) is 5.25. The smallest absolute Gasteiger partial charge is 0.306 e. The van der Waals surface area contributed by atoms with E-state index >= 15 is 0 Å². The van der Waals surface area contributed by atoms with E-state index in [0.717, 1.165) is 11.5 Å². The first-order valence-corrected chi connectivity index (χ1v) is 7.63. The number of ether oxygens (including phenoxy) is 1. The minimum atomic E-state index is -0.139. The summed E-state index contributed by atoms with van der Waals surface area (Å²) in [4.78, 5) is 11.0. The normalized spacial score (nSPS) is 12.2. The minimum Gasteiger partial charge on any atom is -0.469 e. The van der Waals surface area contributed by atoms with Crippen molar-refractivity contribution in [3.8, 4) is 0 Å². The Kier molecular flexibility index (Phi) is 6.95. The highest BCUT2D eigenvalue weighted by Crippen LogP contribution is 2.21. The number of carbonyl (C=O) groups excluding carboxylic acids is 1. The lowest BCUT2D eigenvalue weighted by Crippen LogP contribution is -2.19. The molecule has 0 fully saturated rings. The molecule has 1 N–H and O–H groups in total. The van der Waals surface area contributed by atoms with Gasteiger partial charge in [-0.1, -0.05) is 18.2 Å². The van der Waals surface area contributed by atoms with Gasteiger partial charge in [-0.15, -0.1) is 0 Å². The van der Waals surface area contributed by atoms with Crippen LogP contribution >= 0.6 is 11.8 Å². The predicted octanol–water partition coefficient (Wildman–Crippen LogP) is 2.86. The van der Waals surface area contributed by atoms with Crippen LogP contribution < -0.4 is 5.32 Å². The molecule has 1 unspecified atom stereocenters. The zero-order valence-electron chi connectivity index (χ0n) is 12.2. The van der Waals surface area contributed by atoms with Crippen LogP contribution in [0.1, 0.15) is 29.2 Å². The van der Waals surface area contributed by atoms with E-state index in [1.807, 2.05) is 7.05 Å². The monoisotopic (exact) mass is 281 g/mol. The van der Waals surface area contributed by atoms with Gasteiger partial charge < -0.3 is 10.1 Å². The van der Waals surface area contributed by atoms with Crippen molar-refractivity contribution in [2.75, 3.05) is 25.7 Å². The van der Waals surface area contributed by atoms with Crippen LogP contribution in [0.25, 0.3) is 0 Å². The average molecular weight is 281 g/mol. The molecule has 1 atom stereocenters. The van der Waals surface area contributed by atoms with E-state index in [0.29, 0.717) is 12.5 Å². The van der Waals surface area contributed by atoms with E-state index in [1.54, 1.807) is 11.8 Å². The molecule has 0 aliphatic rings. The zero-order chi connectivity index (χ0) is 14.3. The Bertz CT molecular complexity index is 421. The number of thioether (sulfide) groups is 1. The van der Waals surface area contributed by atoms with Gasteiger partial charge in [0.2, 0.25) is 0 Å². The number of benzene rings is 1. The molecule has 19 heavy (non-hydrogen) atoms. The number of esters is 1. The highest BCUT2D eigenvalue weighted by molar-refractivity contribution is 7.99. The third-order valence-corrected chi connectivity index (χ3v) is 4.31. The fourth-order valence-electron chi connectivity index (χ4n) is 1.79. The van der Waals surface area contributed by atoms with Crippen molar-refractivity contribution in [3.63, 3.8) is 0 Å². The van der Waals surface area contributed by atoms with Gasteiger partial charge in [0.25, 0.3) is 0 Å². The molecule has 4 heteroatoms. The zero-order valence-corrected chi connectivity index (χ0v) is 13.0. The van der Waals surface area contributed by atoms with E-state index in [9.17, 15) is 4.79 Å². The molecular formula is C15H23NO2S. The highest BCUT2D eigenvalue weighted by Gasteiger charge is 2.10. The molecule has 0 aromatic heterocycles. The van der Waals surface area contributed by atoms with Crippen LogP contribution in [0.15, 0.2) is 18.2 Å². The SMILES string of the molecule is CNC(CSCCC(=O)OC)c1ccc(C)c(C)c1. The number of rotatable bonds is 7. The van der Waals surface area contributed by atoms with E-state index in [2.05, 4.69) is 42.1 Å². The van der Waals surface area contributed by atoms with Crippen LogP contribution in [-0.4, -0.2) is 31.6 Å². The summed E-state index contributed by atoms with van der Waals surface area (Å²) in [6, 6.07) is 6.89. The van der Waals surface area contributed by atoms with Crippen molar-refractivity contribution in [3.05, 3.63) is 34.9 Å².